The van der Waals surface area contributed by atoms with Gasteiger partial charge in [-0.2, -0.15) is 0 Å². The Morgan fingerprint density at radius 2 is 2.00 bits per heavy atom. The van der Waals surface area contributed by atoms with Crippen LogP contribution in [0.2, 0.25) is 0 Å². The minimum Gasteiger partial charge on any atom is -0.319 e. The Bertz CT molecular complexity index is 431. The van der Waals surface area contributed by atoms with Crippen LogP contribution in [0.3, 0.4) is 0 Å². The Kier molecular flexibility index (Phi) is 2.04. The minimum atomic E-state index is 1.11. The highest BCUT2D eigenvalue weighted by molar-refractivity contribution is 9.10. The second kappa shape index (κ2) is 3.07. The van der Waals surface area contributed by atoms with Gasteiger partial charge in [-0.15, -0.1) is 0 Å². The van der Waals surface area contributed by atoms with Crippen LogP contribution in [0.1, 0.15) is 0 Å². The van der Waals surface area contributed by atoms with Crippen molar-refractivity contribution in [3.05, 3.63) is 34.9 Å². The van der Waals surface area contributed by atoms with Gasteiger partial charge in [0.2, 0.25) is 0 Å². The molecule has 0 aliphatic carbocycles. The molecule has 0 radical (unpaired) electrons. The van der Waals surface area contributed by atoms with Crippen LogP contribution in [0.5, 0.6) is 0 Å². The first-order valence-corrected chi connectivity index (χ1v) is 4.92. The molecule has 0 amide bonds. The summed E-state index contributed by atoms with van der Waals surface area (Å²) in [5.41, 5.74) is 1.22. The second-order valence-corrected chi connectivity index (χ2v) is 4.13. The highest BCUT2D eigenvalue weighted by Gasteiger charge is 2.01. The van der Waals surface area contributed by atoms with Crippen LogP contribution in [0.15, 0.2) is 34.9 Å². The third-order valence-electron chi connectivity index (χ3n) is 2.07. The molecule has 13 heavy (non-hydrogen) atoms. The maximum absolute atomic E-state index is 3.47. The first-order valence-electron chi connectivity index (χ1n) is 4.13. The van der Waals surface area contributed by atoms with E-state index in [1.807, 2.05) is 14.1 Å². The van der Waals surface area contributed by atoms with Gasteiger partial charge in [-0.3, -0.25) is 4.68 Å². The molecule has 1 heterocycles. The molecule has 0 saturated heterocycles. The number of nitrogens with zero attached hydrogens (tertiary/aromatic N) is 2. The monoisotopic (exact) mass is 238 g/mol. The molecule has 68 valence electrons. The lowest BCUT2D eigenvalue weighted by molar-refractivity contribution is 0.762. The minimum absolute atomic E-state index is 1.11. The van der Waals surface area contributed by atoms with Crippen LogP contribution in [-0.2, 0) is 0 Å². The van der Waals surface area contributed by atoms with Crippen molar-refractivity contribution in [1.29, 1.82) is 0 Å². The Morgan fingerprint density at radius 3 is 2.69 bits per heavy atom. The van der Waals surface area contributed by atoms with Crippen molar-refractivity contribution in [2.75, 3.05) is 19.1 Å². The second-order valence-electron chi connectivity index (χ2n) is 3.21. The highest BCUT2D eigenvalue weighted by atomic mass is 79.9. The van der Waals surface area contributed by atoms with Crippen molar-refractivity contribution in [2.45, 2.75) is 0 Å². The molecule has 3 heteroatoms. The summed E-state index contributed by atoms with van der Waals surface area (Å²) in [7, 11) is 4.06. The SMILES string of the molecule is CN(C)n1ccc2ccc(Br)cc21. The molecule has 0 atom stereocenters. The number of rotatable bonds is 1. The van der Waals surface area contributed by atoms with Crippen molar-refractivity contribution in [3.63, 3.8) is 0 Å². The van der Waals surface area contributed by atoms with Crippen LogP contribution >= 0.6 is 15.9 Å². The van der Waals surface area contributed by atoms with Gasteiger partial charge in [-0.1, -0.05) is 22.0 Å². The predicted octanol–water partition coefficient (Wildman–Crippen LogP) is 2.60. The van der Waals surface area contributed by atoms with E-state index in [2.05, 4.69) is 56.1 Å². The van der Waals surface area contributed by atoms with Gasteiger partial charge >= 0.3 is 0 Å². The van der Waals surface area contributed by atoms with Gasteiger partial charge in [0.05, 0.1) is 5.52 Å². The fourth-order valence-corrected chi connectivity index (χ4v) is 1.79. The average molecular weight is 239 g/mol. The number of hydrogen-bond donors (Lipinski definition) is 0. The van der Waals surface area contributed by atoms with E-state index in [4.69, 9.17) is 0 Å². The number of fused-ring (bicyclic) bond motifs is 1. The van der Waals surface area contributed by atoms with E-state index < -0.39 is 0 Å². The van der Waals surface area contributed by atoms with Crippen molar-refractivity contribution >= 4 is 26.8 Å². The average Bonchev–Trinajstić information content (AvgIpc) is 2.46. The molecular weight excluding hydrogens is 228 g/mol. The van der Waals surface area contributed by atoms with Crippen LogP contribution in [0.4, 0.5) is 0 Å². The van der Waals surface area contributed by atoms with E-state index in [9.17, 15) is 0 Å². The molecule has 0 saturated carbocycles. The Morgan fingerprint density at radius 1 is 1.23 bits per heavy atom. The Balaban J connectivity index is 2.71. The fourth-order valence-electron chi connectivity index (χ4n) is 1.44. The van der Waals surface area contributed by atoms with Gasteiger partial charge in [0.15, 0.2) is 0 Å². The summed E-state index contributed by atoms with van der Waals surface area (Å²) in [6.45, 7) is 0. The summed E-state index contributed by atoms with van der Waals surface area (Å²) >= 11 is 3.47. The topological polar surface area (TPSA) is 8.17 Å². The number of halogens is 1. The van der Waals surface area contributed by atoms with E-state index in [0.717, 1.165) is 4.47 Å². The lowest BCUT2D eigenvalue weighted by atomic mass is 10.2. The molecule has 0 unspecified atom stereocenters. The molecular formula is C10H11BrN2. The van der Waals surface area contributed by atoms with Crippen molar-refractivity contribution in [3.8, 4) is 0 Å². The molecule has 0 N–H and O–H groups in total. The maximum Gasteiger partial charge on any atom is 0.0705 e. The van der Waals surface area contributed by atoms with Crippen LogP contribution < -0.4 is 5.01 Å². The van der Waals surface area contributed by atoms with Gasteiger partial charge in [0, 0.05) is 30.2 Å². The van der Waals surface area contributed by atoms with E-state index in [1.54, 1.807) is 0 Å². The van der Waals surface area contributed by atoms with Gasteiger partial charge in [-0.05, 0) is 18.2 Å². The summed E-state index contributed by atoms with van der Waals surface area (Å²) in [4.78, 5) is 0. The summed E-state index contributed by atoms with van der Waals surface area (Å²) in [5.74, 6) is 0. The summed E-state index contributed by atoms with van der Waals surface area (Å²) < 4.78 is 3.22. The smallest absolute Gasteiger partial charge is 0.0705 e. The zero-order chi connectivity index (χ0) is 9.42. The van der Waals surface area contributed by atoms with E-state index in [0.29, 0.717) is 0 Å². The van der Waals surface area contributed by atoms with E-state index in [1.165, 1.54) is 10.9 Å². The largest absolute Gasteiger partial charge is 0.319 e. The predicted molar refractivity (Wildman–Crippen MR) is 59.7 cm³/mol. The molecule has 0 aliphatic rings. The third-order valence-corrected chi connectivity index (χ3v) is 2.56. The van der Waals surface area contributed by atoms with Gasteiger partial charge < -0.3 is 5.01 Å². The van der Waals surface area contributed by atoms with E-state index >= 15 is 0 Å². The molecule has 0 bridgehead atoms. The van der Waals surface area contributed by atoms with Crippen LogP contribution in [-0.4, -0.2) is 18.8 Å². The van der Waals surface area contributed by atoms with Gasteiger partial charge in [0.25, 0.3) is 0 Å². The summed E-state index contributed by atoms with van der Waals surface area (Å²) in [6, 6.07) is 8.40. The maximum atomic E-state index is 3.47. The Labute approximate surface area is 85.9 Å². The van der Waals surface area contributed by atoms with Crippen molar-refractivity contribution in [1.82, 2.24) is 4.68 Å². The molecule has 0 aliphatic heterocycles. The standard InChI is InChI=1S/C10H11BrN2/c1-12(2)13-6-5-8-3-4-9(11)7-10(8)13/h3-7H,1-2H3. The molecule has 1 aromatic carbocycles. The lowest BCUT2D eigenvalue weighted by Crippen LogP contribution is -2.23. The van der Waals surface area contributed by atoms with E-state index in [-0.39, 0.29) is 0 Å². The van der Waals surface area contributed by atoms with Crippen molar-refractivity contribution in [2.24, 2.45) is 0 Å². The first-order chi connectivity index (χ1) is 6.18. The number of aromatic nitrogens is 1. The molecule has 0 spiro atoms. The Hall–Kier alpha value is -0.960. The summed E-state index contributed by atoms with van der Waals surface area (Å²) in [6.07, 6.45) is 2.07. The lowest BCUT2D eigenvalue weighted by Gasteiger charge is -2.15. The number of benzene rings is 1. The molecule has 0 fully saturated rings. The van der Waals surface area contributed by atoms with Crippen LogP contribution in [0.25, 0.3) is 10.9 Å². The zero-order valence-corrected chi connectivity index (χ0v) is 9.25. The third kappa shape index (κ3) is 1.44. The molecule has 1 aromatic heterocycles. The molecule has 2 rings (SSSR count). The van der Waals surface area contributed by atoms with Crippen LogP contribution in [0, 0.1) is 0 Å². The molecule has 2 nitrogen and oxygen atoms in total. The van der Waals surface area contributed by atoms with Gasteiger partial charge in [0.1, 0.15) is 0 Å². The summed E-state index contributed by atoms with van der Waals surface area (Å²) in [5, 5.41) is 3.31. The zero-order valence-electron chi connectivity index (χ0n) is 7.66. The molecule has 2 aromatic rings. The quantitative estimate of drug-likeness (QED) is 0.742. The van der Waals surface area contributed by atoms with Crippen molar-refractivity contribution < 1.29 is 0 Å². The number of hydrogen-bond acceptors (Lipinski definition) is 1. The van der Waals surface area contributed by atoms with Gasteiger partial charge in [-0.25, -0.2) is 0 Å². The normalized spacial score (nSPS) is 10.7. The highest BCUT2D eigenvalue weighted by Crippen LogP contribution is 2.20. The fraction of sp³-hybridized carbons (Fsp3) is 0.200. The first kappa shape index (κ1) is 8.63.